The molecule has 0 saturated carbocycles. The lowest BCUT2D eigenvalue weighted by molar-refractivity contribution is -0.126. The summed E-state index contributed by atoms with van der Waals surface area (Å²) in [5, 5.41) is 0. The van der Waals surface area contributed by atoms with Gasteiger partial charge in [-0.1, -0.05) is 26.7 Å². The van der Waals surface area contributed by atoms with Gasteiger partial charge in [0.25, 0.3) is 0 Å². The predicted molar refractivity (Wildman–Crippen MR) is 59.4 cm³/mol. The van der Waals surface area contributed by atoms with E-state index in [0.717, 1.165) is 25.9 Å². The third-order valence-electron chi connectivity index (χ3n) is 3.18. The highest BCUT2D eigenvalue weighted by Crippen LogP contribution is 2.16. The highest BCUT2D eigenvalue weighted by atomic mass is 16.1. The van der Waals surface area contributed by atoms with Crippen LogP contribution in [-0.2, 0) is 4.79 Å². The van der Waals surface area contributed by atoms with E-state index in [1.54, 1.807) is 0 Å². The smallest absolute Gasteiger partial charge is 0.138 e. The first-order valence-electron chi connectivity index (χ1n) is 6.03. The minimum Gasteiger partial charge on any atom is -0.302 e. The molecular formula is C12H23NO. The monoisotopic (exact) mass is 197 g/mol. The quantitative estimate of drug-likeness (QED) is 0.631. The van der Waals surface area contributed by atoms with Crippen molar-refractivity contribution in [2.75, 3.05) is 19.6 Å². The highest BCUT2D eigenvalue weighted by molar-refractivity contribution is 5.82. The van der Waals surface area contributed by atoms with Gasteiger partial charge in [-0.15, -0.1) is 0 Å². The summed E-state index contributed by atoms with van der Waals surface area (Å²) < 4.78 is 0. The summed E-state index contributed by atoms with van der Waals surface area (Å²) >= 11 is 0. The molecule has 1 atom stereocenters. The number of carbonyl (C=O) groups excluding carboxylic acids is 1. The van der Waals surface area contributed by atoms with Gasteiger partial charge < -0.3 is 4.90 Å². The van der Waals surface area contributed by atoms with Gasteiger partial charge in [0.05, 0.1) is 0 Å². The number of unbranched alkanes of at least 4 members (excludes halogenated alkanes) is 2. The number of rotatable bonds is 5. The molecule has 0 aromatic rings. The largest absolute Gasteiger partial charge is 0.302 e. The van der Waals surface area contributed by atoms with Crippen LogP contribution in [0.4, 0.5) is 0 Å². The Bertz CT molecular complexity index is 179. The van der Waals surface area contributed by atoms with Gasteiger partial charge in [0.1, 0.15) is 5.78 Å². The van der Waals surface area contributed by atoms with Crippen LogP contribution in [0.3, 0.4) is 0 Å². The average molecular weight is 197 g/mol. The SMILES string of the molecule is CCCCCN1CCC(=O)C(CC)C1. The van der Waals surface area contributed by atoms with E-state index in [-0.39, 0.29) is 0 Å². The van der Waals surface area contributed by atoms with Crippen LogP contribution in [0.2, 0.25) is 0 Å². The van der Waals surface area contributed by atoms with Crippen LogP contribution < -0.4 is 0 Å². The molecule has 0 N–H and O–H groups in total. The molecule has 0 aliphatic carbocycles. The number of Topliss-reactive ketones (excluding diaryl/α,β-unsaturated/α-hetero) is 1. The van der Waals surface area contributed by atoms with Crippen LogP contribution in [0, 0.1) is 5.92 Å². The summed E-state index contributed by atoms with van der Waals surface area (Å²) in [5.41, 5.74) is 0. The topological polar surface area (TPSA) is 20.3 Å². The predicted octanol–water partition coefficient (Wildman–Crippen LogP) is 2.48. The molecule has 14 heavy (non-hydrogen) atoms. The summed E-state index contributed by atoms with van der Waals surface area (Å²) in [5.74, 6) is 0.810. The molecule has 1 aliphatic heterocycles. The van der Waals surface area contributed by atoms with Gasteiger partial charge in [-0.3, -0.25) is 4.79 Å². The molecular weight excluding hydrogens is 174 g/mol. The fourth-order valence-electron chi connectivity index (χ4n) is 2.12. The van der Waals surface area contributed by atoms with E-state index < -0.39 is 0 Å². The van der Waals surface area contributed by atoms with E-state index in [9.17, 15) is 4.79 Å². The normalized spacial score (nSPS) is 24.1. The van der Waals surface area contributed by atoms with E-state index in [1.165, 1.54) is 25.8 Å². The Balaban J connectivity index is 2.24. The first-order chi connectivity index (χ1) is 6.77. The van der Waals surface area contributed by atoms with Gasteiger partial charge in [0, 0.05) is 25.4 Å². The van der Waals surface area contributed by atoms with Crippen molar-refractivity contribution in [1.82, 2.24) is 4.90 Å². The first-order valence-corrected chi connectivity index (χ1v) is 6.03. The fraction of sp³-hybridized carbons (Fsp3) is 0.917. The third kappa shape index (κ3) is 3.41. The number of carbonyl (C=O) groups is 1. The van der Waals surface area contributed by atoms with Gasteiger partial charge in [-0.25, -0.2) is 0 Å². The van der Waals surface area contributed by atoms with Gasteiger partial charge in [-0.2, -0.15) is 0 Å². The zero-order valence-corrected chi connectivity index (χ0v) is 9.59. The molecule has 1 rings (SSSR count). The fourth-order valence-corrected chi connectivity index (χ4v) is 2.12. The summed E-state index contributed by atoms with van der Waals surface area (Å²) in [6, 6.07) is 0. The molecule has 1 saturated heterocycles. The van der Waals surface area contributed by atoms with Crippen molar-refractivity contribution in [3.63, 3.8) is 0 Å². The molecule has 2 nitrogen and oxygen atoms in total. The molecule has 1 unspecified atom stereocenters. The third-order valence-corrected chi connectivity index (χ3v) is 3.18. The molecule has 0 aromatic heterocycles. The molecule has 0 aromatic carbocycles. The number of hydrogen-bond donors (Lipinski definition) is 0. The van der Waals surface area contributed by atoms with Gasteiger partial charge in [-0.05, 0) is 19.4 Å². The van der Waals surface area contributed by atoms with Crippen molar-refractivity contribution in [3.8, 4) is 0 Å². The maximum atomic E-state index is 11.5. The lowest BCUT2D eigenvalue weighted by Gasteiger charge is -2.31. The Morgan fingerprint density at radius 1 is 1.36 bits per heavy atom. The molecule has 1 aliphatic rings. The van der Waals surface area contributed by atoms with E-state index in [4.69, 9.17) is 0 Å². The standard InChI is InChI=1S/C12H23NO/c1-3-5-6-8-13-9-7-12(14)11(4-2)10-13/h11H,3-10H2,1-2H3. The van der Waals surface area contributed by atoms with Crippen molar-refractivity contribution in [1.29, 1.82) is 0 Å². The second-order valence-corrected chi connectivity index (χ2v) is 4.33. The second-order valence-electron chi connectivity index (χ2n) is 4.33. The van der Waals surface area contributed by atoms with Crippen LogP contribution in [0.5, 0.6) is 0 Å². The van der Waals surface area contributed by atoms with Gasteiger partial charge >= 0.3 is 0 Å². The zero-order chi connectivity index (χ0) is 10.4. The number of nitrogens with zero attached hydrogens (tertiary/aromatic N) is 1. The van der Waals surface area contributed by atoms with Crippen LogP contribution in [0.1, 0.15) is 46.0 Å². The Kier molecular flexibility index (Phi) is 5.16. The molecule has 1 heterocycles. The van der Waals surface area contributed by atoms with Crippen molar-refractivity contribution < 1.29 is 4.79 Å². The summed E-state index contributed by atoms with van der Waals surface area (Å²) in [6.07, 6.45) is 5.69. The molecule has 0 bridgehead atoms. The summed E-state index contributed by atoms with van der Waals surface area (Å²) in [6.45, 7) is 7.56. The zero-order valence-electron chi connectivity index (χ0n) is 9.59. The average Bonchev–Trinajstić information content (AvgIpc) is 2.21. The highest BCUT2D eigenvalue weighted by Gasteiger charge is 2.24. The van der Waals surface area contributed by atoms with Crippen molar-refractivity contribution in [2.45, 2.75) is 46.0 Å². The minimum absolute atomic E-state index is 0.324. The van der Waals surface area contributed by atoms with Crippen molar-refractivity contribution in [2.24, 2.45) is 5.92 Å². The maximum absolute atomic E-state index is 11.5. The number of ketones is 1. The molecule has 0 spiro atoms. The van der Waals surface area contributed by atoms with Crippen LogP contribution in [-0.4, -0.2) is 30.3 Å². The van der Waals surface area contributed by atoms with Gasteiger partial charge in [0.15, 0.2) is 0 Å². The molecule has 1 fully saturated rings. The second kappa shape index (κ2) is 6.18. The molecule has 82 valence electrons. The number of hydrogen-bond acceptors (Lipinski definition) is 2. The van der Waals surface area contributed by atoms with Crippen molar-refractivity contribution in [3.05, 3.63) is 0 Å². The molecule has 2 heteroatoms. The van der Waals surface area contributed by atoms with E-state index in [2.05, 4.69) is 18.7 Å². The maximum Gasteiger partial charge on any atom is 0.138 e. The summed E-state index contributed by atoms with van der Waals surface area (Å²) in [7, 11) is 0. The van der Waals surface area contributed by atoms with Crippen LogP contribution in [0.25, 0.3) is 0 Å². The minimum atomic E-state index is 0.324. The van der Waals surface area contributed by atoms with Crippen LogP contribution in [0.15, 0.2) is 0 Å². The van der Waals surface area contributed by atoms with E-state index in [0.29, 0.717) is 11.7 Å². The van der Waals surface area contributed by atoms with E-state index >= 15 is 0 Å². The number of piperidine rings is 1. The van der Waals surface area contributed by atoms with Crippen molar-refractivity contribution >= 4 is 5.78 Å². The van der Waals surface area contributed by atoms with E-state index in [1.807, 2.05) is 0 Å². The number of likely N-dealkylation sites (tertiary alicyclic amines) is 1. The molecule has 0 amide bonds. The Hall–Kier alpha value is -0.370. The lowest BCUT2D eigenvalue weighted by atomic mass is 9.94. The first kappa shape index (κ1) is 11.7. The van der Waals surface area contributed by atoms with Crippen LogP contribution >= 0.6 is 0 Å². The Labute approximate surface area is 87.7 Å². The Morgan fingerprint density at radius 2 is 2.14 bits per heavy atom. The summed E-state index contributed by atoms with van der Waals surface area (Å²) in [4.78, 5) is 13.9. The van der Waals surface area contributed by atoms with Gasteiger partial charge in [0.2, 0.25) is 0 Å². The Morgan fingerprint density at radius 3 is 2.79 bits per heavy atom. The lowest BCUT2D eigenvalue weighted by Crippen LogP contribution is -2.40. The molecule has 0 radical (unpaired) electrons.